The fraction of sp³-hybridized carbons (Fsp3) is 0. The quantitative estimate of drug-likeness (QED) is 0.233. The third-order valence-corrected chi connectivity index (χ3v) is 6.46. The average Bonchev–Trinajstić information content (AvgIpc) is 3.70. The number of hydrogen-bond donors (Lipinski definition) is 0. The van der Waals surface area contributed by atoms with Crippen LogP contribution in [0.4, 0.5) is 0 Å². The van der Waals surface area contributed by atoms with Gasteiger partial charge in [0.15, 0.2) is 0 Å². The molecule has 0 bridgehead atoms. The van der Waals surface area contributed by atoms with Crippen molar-refractivity contribution in [3.63, 3.8) is 0 Å². The lowest BCUT2D eigenvalue weighted by atomic mass is 9.86. The molecule has 2 heteroatoms. The summed E-state index contributed by atoms with van der Waals surface area (Å²) in [6.07, 6.45) is 1.55. The summed E-state index contributed by atoms with van der Waals surface area (Å²) in [6.45, 7) is 0. The summed E-state index contributed by atoms with van der Waals surface area (Å²) in [4.78, 5) is 0. The van der Waals surface area contributed by atoms with Crippen molar-refractivity contribution in [1.29, 1.82) is 0 Å². The van der Waals surface area contributed by atoms with Gasteiger partial charge in [-0.3, -0.25) is 0 Å². The molecule has 0 radical (unpaired) electrons. The van der Waals surface area contributed by atoms with Crippen molar-refractivity contribution in [3.8, 4) is 22.3 Å². The molecule has 2 heterocycles. The van der Waals surface area contributed by atoms with Gasteiger partial charge in [-0.15, -0.1) is 0 Å². The van der Waals surface area contributed by atoms with E-state index in [0.717, 1.165) is 5.39 Å². The first-order valence-corrected chi connectivity index (χ1v) is 11.1. The van der Waals surface area contributed by atoms with E-state index < -0.39 is 84.1 Å². The number of rotatable bonds is 2. The minimum Gasteiger partial charge on any atom is -0.464 e. The second-order valence-corrected chi connectivity index (χ2v) is 8.37. The molecule has 168 valence electrons. The smallest absolute Gasteiger partial charge is 0.139 e. The highest BCUT2D eigenvalue weighted by Crippen LogP contribution is 2.44. The van der Waals surface area contributed by atoms with Crippen molar-refractivity contribution >= 4 is 54.5 Å². The Morgan fingerprint density at radius 1 is 0.472 bits per heavy atom. The Morgan fingerprint density at radius 2 is 1.08 bits per heavy atom. The van der Waals surface area contributed by atoms with E-state index in [-0.39, 0.29) is 32.7 Å². The van der Waals surface area contributed by atoms with E-state index in [1.165, 1.54) is 0 Å². The molecule has 36 heavy (non-hydrogen) atoms. The van der Waals surface area contributed by atoms with Crippen LogP contribution in [0.3, 0.4) is 0 Å². The molecule has 0 fully saturated rings. The summed E-state index contributed by atoms with van der Waals surface area (Å²) in [6, 6.07) is 2.03. The number of furan rings is 2. The highest BCUT2D eigenvalue weighted by molar-refractivity contribution is 6.22. The van der Waals surface area contributed by atoms with E-state index in [1.807, 2.05) is 6.07 Å². The van der Waals surface area contributed by atoms with Crippen LogP contribution in [0.5, 0.6) is 0 Å². The van der Waals surface area contributed by atoms with Crippen LogP contribution in [-0.4, -0.2) is 0 Å². The minimum absolute atomic E-state index is 0.0563. The van der Waals surface area contributed by atoms with E-state index in [0.29, 0.717) is 33.1 Å². The second-order valence-electron chi connectivity index (χ2n) is 8.37. The minimum atomic E-state index is -0.716. The summed E-state index contributed by atoms with van der Waals surface area (Å²) in [7, 11) is 0. The second kappa shape index (κ2) is 7.34. The predicted octanol–water partition coefficient (Wildman–Crippen LogP) is 9.97. The van der Waals surface area contributed by atoms with Crippen molar-refractivity contribution in [1.82, 2.24) is 0 Å². The van der Waals surface area contributed by atoms with Crippen LogP contribution in [0.15, 0.2) is 130 Å². The van der Waals surface area contributed by atoms with E-state index in [4.69, 9.17) is 26.7 Å². The normalized spacial score (nSPS) is 16.9. The standard InChI is InChI=1S/C34H20O2/c1-2-8-21(9-3-1)33-24-10-4-6-12-26(24)34(27-13-7-5-11-25(27)33)23-14-15-30-28(19-23)29-18-22-16-17-35-31(22)20-32(29)36-30/h1-20H/i1D,2D,3D,4D,5D,6D,7D,8D,9D,10D,11D,12D,13D. The van der Waals surface area contributed by atoms with Crippen LogP contribution in [0.1, 0.15) is 17.8 Å². The molecule has 0 aliphatic rings. The highest BCUT2D eigenvalue weighted by atomic mass is 16.3. The van der Waals surface area contributed by atoms with Gasteiger partial charge >= 0.3 is 0 Å². The van der Waals surface area contributed by atoms with Gasteiger partial charge in [-0.2, -0.15) is 0 Å². The maximum absolute atomic E-state index is 9.12. The Labute approximate surface area is 225 Å². The Morgan fingerprint density at radius 3 is 1.78 bits per heavy atom. The maximum atomic E-state index is 9.12. The number of hydrogen-bond acceptors (Lipinski definition) is 2. The molecule has 0 aliphatic heterocycles. The summed E-state index contributed by atoms with van der Waals surface area (Å²) in [5, 5.41) is 1.34. The lowest BCUT2D eigenvalue weighted by Crippen LogP contribution is -1.90. The Bertz CT molecular complexity index is 2710. The van der Waals surface area contributed by atoms with Crippen LogP contribution < -0.4 is 0 Å². The van der Waals surface area contributed by atoms with Gasteiger partial charge in [-0.25, -0.2) is 0 Å². The molecular formula is C34H20O2. The van der Waals surface area contributed by atoms with E-state index in [2.05, 4.69) is 0 Å². The molecule has 8 rings (SSSR count). The molecule has 0 unspecified atom stereocenters. The van der Waals surface area contributed by atoms with Gasteiger partial charge in [0.25, 0.3) is 0 Å². The molecule has 0 aliphatic carbocycles. The Kier molecular flexibility index (Phi) is 2.21. The molecule has 0 atom stereocenters. The monoisotopic (exact) mass is 473 g/mol. The first-order valence-electron chi connectivity index (χ1n) is 17.6. The Balaban J connectivity index is 1.67. The van der Waals surface area contributed by atoms with Gasteiger partial charge in [0, 0.05) is 22.2 Å². The van der Waals surface area contributed by atoms with Crippen molar-refractivity contribution in [2.75, 3.05) is 0 Å². The first kappa shape index (κ1) is 10.8. The predicted molar refractivity (Wildman–Crippen MR) is 149 cm³/mol. The van der Waals surface area contributed by atoms with Gasteiger partial charge in [0.05, 0.1) is 24.1 Å². The third-order valence-electron chi connectivity index (χ3n) is 6.46. The van der Waals surface area contributed by atoms with Gasteiger partial charge in [0.1, 0.15) is 16.7 Å². The fourth-order valence-electron chi connectivity index (χ4n) is 4.93. The molecule has 2 nitrogen and oxygen atoms in total. The third kappa shape index (κ3) is 2.73. The highest BCUT2D eigenvalue weighted by Gasteiger charge is 2.18. The lowest BCUT2D eigenvalue weighted by molar-refractivity contribution is 0.613. The molecule has 0 saturated carbocycles. The average molecular weight is 474 g/mol. The fourth-order valence-corrected chi connectivity index (χ4v) is 4.93. The molecule has 0 saturated heterocycles. The van der Waals surface area contributed by atoms with Gasteiger partial charge in [0.2, 0.25) is 0 Å². The molecule has 2 aromatic heterocycles. The molecule has 0 N–H and O–H groups in total. The molecule has 6 aromatic carbocycles. The maximum Gasteiger partial charge on any atom is 0.139 e. The molecule has 0 amide bonds. The van der Waals surface area contributed by atoms with Gasteiger partial charge < -0.3 is 8.83 Å². The zero-order valence-electron chi connectivity index (χ0n) is 31.4. The van der Waals surface area contributed by atoms with Crippen molar-refractivity contribution in [2.24, 2.45) is 0 Å². The molecule has 8 aromatic rings. The zero-order valence-corrected chi connectivity index (χ0v) is 18.4. The van der Waals surface area contributed by atoms with Crippen molar-refractivity contribution in [3.05, 3.63) is 121 Å². The van der Waals surface area contributed by atoms with E-state index in [1.54, 1.807) is 36.6 Å². The summed E-state index contributed by atoms with van der Waals surface area (Å²) >= 11 is 0. The van der Waals surface area contributed by atoms with Crippen LogP contribution in [0.25, 0.3) is 76.7 Å². The molecular weight excluding hydrogens is 440 g/mol. The zero-order chi connectivity index (χ0) is 35.0. The van der Waals surface area contributed by atoms with Crippen LogP contribution >= 0.6 is 0 Å². The van der Waals surface area contributed by atoms with E-state index >= 15 is 0 Å². The van der Waals surface area contributed by atoms with Crippen LogP contribution in [0.2, 0.25) is 0 Å². The largest absolute Gasteiger partial charge is 0.464 e. The summed E-state index contributed by atoms with van der Waals surface area (Å²) in [5.74, 6) is 0. The van der Waals surface area contributed by atoms with Crippen LogP contribution in [0, 0.1) is 0 Å². The number of benzene rings is 6. The van der Waals surface area contributed by atoms with Gasteiger partial charge in [-0.1, -0.05) is 84.6 Å². The lowest BCUT2D eigenvalue weighted by Gasteiger charge is -2.17. The summed E-state index contributed by atoms with van der Waals surface area (Å²) < 4.78 is 125. The van der Waals surface area contributed by atoms with Gasteiger partial charge in [-0.05, 0) is 68.1 Å². The topological polar surface area (TPSA) is 26.3 Å². The SMILES string of the molecule is [2H]c1c([2H])c([2H])c(-c2c3c([2H])c([2H])c([2H])c([2H])c3c(-c3ccc4oc5cc6occc6cc5c4c3)c3c([2H])c([2H])c([2H])c([2H])c23)c([2H])c1[2H]. The van der Waals surface area contributed by atoms with Crippen LogP contribution in [-0.2, 0) is 0 Å². The van der Waals surface area contributed by atoms with E-state index in [9.17, 15) is 0 Å². The summed E-state index contributed by atoms with van der Waals surface area (Å²) in [5.41, 5.74) is 1.23. The number of fused-ring (bicyclic) bond motifs is 6. The Hall–Kier alpha value is -4.82. The molecule has 0 spiro atoms. The van der Waals surface area contributed by atoms with Crippen molar-refractivity contribution < 1.29 is 26.7 Å². The van der Waals surface area contributed by atoms with Crippen molar-refractivity contribution in [2.45, 2.75) is 0 Å². The first-order chi connectivity index (χ1) is 23.2.